The highest BCUT2D eigenvalue weighted by molar-refractivity contribution is 7.91. The van der Waals surface area contributed by atoms with Crippen molar-refractivity contribution in [1.29, 1.82) is 0 Å². The summed E-state index contributed by atoms with van der Waals surface area (Å²) in [5, 5.41) is 0. The van der Waals surface area contributed by atoms with Gasteiger partial charge in [0.2, 0.25) is 0 Å². The summed E-state index contributed by atoms with van der Waals surface area (Å²) < 4.78 is 21.9. The molecular weight excluding hydrogens is 212 g/mol. The fourth-order valence-corrected chi connectivity index (χ4v) is 3.97. The number of hydrogen-bond acceptors (Lipinski definition) is 3. The summed E-state index contributed by atoms with van der Waals surface area (Å²) in [6, 6.07) is 0. The zero-order valence-corrected chi connectivity index (χ0v) is 9.92. The molecule has 3 nitrogen and oxygen atoms in total. The van der Waals surface area contributed by atoms with E-state index in [1.54, 1.807) is 0 Å². The largest absolute Gasteiger partial charge is 0.299 e. The average Bonchev–Trinajstić information content (AvgIpc) is 2.60. The Morgan fingerprint density at radius 2 is 2.00 bits per heavy atom. The number of carbonyl (C=O) groups excluding carboxylic acids is 1. The molecule has 3 atom stereocenters. The van der Waals surface area contributed by atoms with Crippen molar-refractivity contribution < 1.29 is 13.2 Å². The standard InChI is InChI=1S/C11H18O3S/c1-15(13,14)7-11(12)6-10-5-8-2-3-9(10)4-8/h8-10H,2-7H2,1H3. The van der Waals surface area contributed by atoms with Gasteiger partial charge in [-0.25, -0.2) is 8.42 Å². The number of hydrogen-bond donors (Lipinski definition) is 0. The third kappa shape index (κ3) is 2.80. The van der Waals surface area contributed by atoms with Gasteiger partial charge in [0.05, 0.1) is 0 Å². The molecule has 0 radical (unpaired) electrons. The number of sulfone groups is 1. The van der Waals surface area contributed by atoms with Crippen LogP contribution in [0.1, 0.15) is 32.1 Å². The summed E-state index contributed by atoms with van der Waals surface area (Å²) >= 11 is 0. The highest BCUT2D eigenvalue weighted by Gasteiger charge is 2.40. The van der Waals surface area contributed by atoms with Crippen LogP contribution >= 0.6 is 0 Å². The molecular formula is C11H18O3S. The van der Waals surface area contributed by atoms with Crippen LogP contribution in [0.3, 0.4) is 0 Å². The Labute approximate surface area is 91.2 Å². The molecule has 4 heteroatoms. The lowest BCUT2D eigenvalue weighted by atomic mass is 9.85. The Kier molecular flexibility index (Phi) is 2.88. The quantitative estimate of drug-likeness (QED) is 0.734. The number of carbonyl (C=O) groups is 1. The van der Waals surface area contributed by atoms with E-state index in [1.807, 2.05) is 0 Å². The smallest absolute Gasteiger partial charge is 0.154 e. The first-order valence-electron chi connectivity index (χ1n) is 5.63. The van der Waals surface area contributed by atoms with Crippen LogP contribution in [-0.4, -0.2) is 26.2 Å². The van der Waals surface area contributed by atoms with Gasteiger partial charge in [0, 0.05) is 12.7 Å². The van der Waals surface area contributed by atoms with Gasteiger partial charge in [-0.3, -0.25) is 4.79 Å². The normalized spacial score (nSPS) is 34.6. The highest BCUT2D eigenvalue weighted by atomic mass is 32.2. The van der Waals surface area contributed by atoms with Gasteiger partial charge >= 0.3 is 0 Å². The fraction of sp³-hybridized carbons (Fsp3) is 0.909. The molecule has 0 N–H and O–H groups in total. The van der Waals surface area contributed by atoms with Crippen LogP contribution < -0.4 is 0 Å². The topological polar surface area (TPSA) is 51.2 Å². The predicted octanol–water partition coefficient (Wildman–Crippen LogP) is 1.43. The van der Waals surface area contributed by atoms with Crippen LogP contribution in [0.15, 0.2) is 0 Å². The third-order valence-electron chi connectivity index (χ3n) is 3.80. The van der Waals surface area contributed by atoms with Crippen molar-refractivity contribution in [1.82, 2.24) is 0 Å². The molecule has 2 saturated carbocycles. The molecule has 0 saturated heterocycles. The Hall–Kier alpha value is -0.380. The van der Waals surface area contributed by atoms with Crippen molar-refractivity contribution in [2.75, 3.05) is 12.0 Å². The minimum Gasteiger partial charge on any atom is -0.299 e. The molecule has 2 rings (SSSR count). The van der Waals surface area contributed by atoms with Gasteiger partial charge in [-0.1, -0.05) is 6.42 Å². The first-order chi connectivity index (χ1) is 6.94. The second-order valence-corrected chi connectivity index (χ2v) is 7.39. The van der Waals surface area contributed by atoms with Crippen LogP contribution in [0.5, 0.6) is 0 Å². The van der Waals surface area contributed by atoms with Crippen molar-refractivity contribution in [3.8, 4) is 0 Å². The third-order valence-corrected chi connectivity index (χ3v) is 4.64. The van der Waals surface area contributed by atoms with Crippen molar-refractivity contribution >= 4 is 15.6 Å². The summed E-state index contributed by atoms with van der Waals surface area (Å²) in [6.45, 7) is 0. The molecule has 86 valence electrons. The zero-order valence-electron chi connectivity index (χ0n) is 9.11. The first-order valence-corrected chi connectivity index (χ1v) is 7.69. The van der Waals surface area contributed by atoms with E-state index >= 15 is 0 Å². The fourth-order valence-electron chi connectivity index (χ4n) is 3.27. The Morgan fingerprint density at radius 3 is 2.47 bits per heavy atom. The Bertz CT molecular complexity index is 358. The van der Waals surface area contributed by atoms with Crippen LogP contribution in [-0.2, 0) is 14.6 Å². The average molecular weight is 230 g/mol. The molecule has 0 aromatic heterocycles. The summed E-state index contributed by atoms with van der Waals surface area (Å²) in [5.74, 6) is 1.67. The van der Waals surface area contributed by atoms with Crippen LogP contribution in [0.2, 0.25) is 0 Å². The summed E-state index contributed by atoms with van der Waals surface area (Å²) in [4.78, 5) is 11.5. The van der Waals surface area contributed by atoms with E-state index in [-0.39, 0.29) is 11.5 Å². The maximum Gasteiger partial charge on any atom is 0.154 e. The van der Waals surface area contributed by atoms with E-state index in [0.29, 0.717) is 18.3 Å². The lowest BCUT2D eigenvalue weighted by molar-refractivity contribution is -0.117. The first kappa shape index (κ1) is 11.1. The Balaban J connectivity index is 1.85. The van der Waals surface area contributed by atoms with Crippen molar-refractivity contribution in [3.05, 3.63) is 0 Å². The highest BCUT2D eigenvalue weighted by Crippen LogP contribution is 2.49. The second kappa shape index (κ2) is 3.89. The van der Waals surface area contributed by atoms with Crippen molar-refractivity contribution in [2.45, 2.75) is 32.1 Å². The van der Waals surface area contributed by atoms with E-state index in [1.165, 1.54) is 19.3 Å². The molecule has 2 fully saturated rings. The maximum atomic E-state index is 11.5. The van der Waals surface area contributed by atoms with Gasteiger partial charge in [0.1, 0.15) is 11.5 Å². The summed E-state index contributed by atoms with van der Waals surface area (Å²) in [7, 11) is -3.13. The monoisotopic (exact) mass is 230 g/mol. The maximum absolute atomic E-state index is 11.5. The number of ketones is 1. The van der Waals surface area contributed by atoms with Gasteiger partial charge in [0.25, 0.3) is 0 Å². The lowest BCUT2D eigenvalue weighted by Gasteiger charge is -2.20. The van der Waals surface area contributed by atoms with Gasteiger partial charge in [-0.2, -0.15) is 0 Å². The van der Waals surface area contributed by atoms with Gasteiger partial charge in [-0.05, 0) is 37.0 Å². The van der Waals surface area contributed by atoms with Crippen molar-refractivity contribution in [3.63, 3.8) is 0 Å². The molecule has 2 bridgehead atoms. The van der Waals surface area contributed by atoms with Crippen LogP contribution in [0.4, 0.5) is 0 Å². The summed E-state index contributed by atoms with van der Waals surface area (Å²) in [5.41, 5.74) is 0. The molecule has 0 amide bonds. The number of rotatable bonds is 4. The van der Waals surface area contributed by atoms with E-state index < -0.39 is 9.84 Å². The molecule has 2 aliphatic carbocycles. The van der Waals surface area contributed by atoms with E-state index in [0.717, 1.165) is 18.6 Å². The number of Topliss-reactive ketones (excluding diaryl/α,β-unsaturated/α-hetero) is 1. The SMILES string of the molecule is CS(=O)(=O)CC(=O)CC1CC2CCC1C2. The number of fused-ring (bicyclic) bond motifs is 2. The lowest BCUT2D eigenvalue weighted by Crippen LogP contribution is -2.20. The molecule has 0 aliphatic heterocycles. The molecule has 0 aromatic carbocycles. The predicted molar refractivity (Wildman–Crippen MR) is 58.3 cm³/mol. The Morgan fingerprint density at radius 1 is 1.27 bits per heavy atom. The molecule has 0 heterocycles. The van der Waals surface area contributed by atoms with Crippen LogP contribution in [0.25, 0.3) is 0 Å². The van der Waals surface area contributed by atoms with Crippen LogP contribution in [0, 0.1) is 17.8 Å². The van der Waals surface area contributed by atoms with E-state index in [2.05, 4.69) is 0 Å². The van der Waals surface area contributed by atoms with E-state index in [4.69, 9.17) is 0 Å². The molecule has 2 aliphatic rings. The minimum atomic E-state index is -3.13. The van der Waals surface area contributed by atoms with Gasteiger partial charge < -0.3 is 0 Å². The van der Waals surface area contributed by atoms with Crippen molar-refractivity contribution in [2.24, 2.45) is 17.8 Å². The molecule has 0 aromatic rings. The van der Waals surface area contributed by atoms with Gasteiger partial charge in [-0.15, -0.1) is 0 Å². The molecule has 0 spiro atoms. The minimum absolute atomic E-state index is 0.0879. The molecule has 3 unspecified atom stereocenters. The second-order valence-electron chi connectivity index (χ2n) is 5.25. The van der Waals surface area contributed by atoms with E-state index in [9.17, 15) is 13.2 Å². The molecule has 15 heavy (non-hydrogen) atoms. The zero-order chi connectivity index (χ0) is 11.1. The summed E-state index contributed by atoms with van der Waals surface area (Å²) in [6.07, 6.45) is 6.62. The van der Waals surface area contributed by atoms with Gasteiger partial charge in [0.15, 0.2) is 9.84 Å².